The summed E-state index contributed by atoms with van der Waals surface area (Å²) in [5, 5.41) is 0.947. The van der Waals surface area contributed by atoms with Crippen LogP contribution in [0.1, 0.15) is 18.5 Å². The largest absolute Gasteiger partial charge is 0.437 e. The van der Waals surface area contributed by atoms with E-state index in [2.05, 4.69) is 31.7 Å². The van der Waals surface area contributed by atoms with Gasteiger partial charge in [-0.05, 0) is 42.8 Å². The normalized spacial score (nSPS) is 15.5. The van der Waals surface area contributed by atoms with Crippen molar-refractivity contribution in [3.05, 3.63) is 78.4 Å². The highest BCUT2D eigenvalue weighted by atomic mass is 19.1. The van der Waals surface area contributed by atoms with Gasteiger partial charge >= 0.3 is 0 Å². The smallest absolute Gasteiger partial charge is 0.224 e. The van der Waals surface area contributed by atoms with Crippen LogP contribution in [0.2, 0.25) is 0 Å². The van der Waals surface area contributed by atoms with E-state index < -0.39 is 0 Å². The lowest BCUT2D eigenvalue weighted by molar-refractivity contribution is 0.198. The van der Waals surface area contributed by atoms with E-state index in [-0.39, 0.29) is 11.9 Å². The van der Waals surface area contributed by atoms with Crippen molar-refractivity contribution < 1.29 is 9.13 Å². The molecule has 2 aromatic carbocycles. The lowest BCUT2D eigenvalue weighted by Crippen LogP contribution is -2.47. The van der Waals surface area contributed by atoms with Crippen molar-refractivity contribution in [1.82, 2.24) is 19.9 Å². The van der Waals surface area contributed by atoms with Gasteiger partial charge in [0.1, 0.15) is 29.3 Å². The molecule has 1 aliphatic rings. The van der Waals surface area contributed by atoms with E-state index in [0.29, 0.717) is 23.0 Å². The zero-order valence-electron chi connectivity index (χ0n) is 18.4. The van der Waals surface area contributed by atoms with E-state index in [1.165, 1.54) is 18.5 Å². The van der Waals surface area contributed by atoms with Gasteiger partial charge in [-0.25, -0.2) is 19.3 Å². The van der Waals surface area contributed by atoms with Crippen LogP contribution in [0.25, 0.3) is 10.9 Å². The molecule has 4 aromatic rings. The van der Waals surface area contributed by atoms with Crippen LogP contribution in [0.5, 0.6) is 11.6 Å². The Labute approximate surface area is 191 Å². The van der Waals surface area contributed by atoms with Crippen LogP contribution in [-0.2, 0) is 0 Å². The van der Waals surface area contributed by atoms with E-state index in [1.807, 2.05) is 42.5 Å². The lowest BCUT2D eigenvalue weighted by atomic mass is 10.1. The number of halogens is 1. The highest BCUT2D eigenvalue weighted by Crippen LogP contribution is 2.30. The quantitative estimate of drug-likeness (QED) is 0.488. The van der Waals surface area contributed by atoms with Crippen molar-refractivity contribution >= 4 is 22.5 Å². The maximum atomic E-state index is 13.2. The summed E-state index contributed by atoms with van der Waals surface area (Å²) in [6.45, 7) is 5.57. The molecule has 33 heavy (non-hydrogen) atoms. The molecular weight excluding hydrogens is 419 g/mol. The van der Waals surface area contributed by atoms with Gasteiger partial charge in [0.05, 0.1) is 0 Å². The predicted molar refractivity (Wildman–Crippen MR) is 127 cm³/mol. The summed E-state index contributed by atoms with van der Waals surface area (Å²) >= 11 is 0. The summed E-state index contributed by atoms with van der Waals surface area (Å²) in [4.78, 5) is 17.8. The first-order valence-corrected chi connectivity index (χ1v) is 11.0. The van der Waals surface area contributed by atoms with Crippen molar-refractivity contribution in [1.29, 1.82) is 0 Å². The Kier molecular flexibility index (Phi) is 5.75. The van der Waals surface area contributed by atoms with Crippen LogP contribution in [0.3, 0.4) is 0 Å². The van der Waals surface area contributed by atoms with Gasteiger partial charge in [-0.3, -0.25) is 4.90 Å². The summed E-state index contributed by atoms with van der Waals surface area (Å²) in [7, 11) is 0. The Morgan fingerprint density at radius 3 is 2.55 bits per heavy atom. The number of fused-ring (bicyclic) bond motifs is 1. The number of nitrogen functional groups attached to an aromatic ring is 1. The number of rotatable bonds is 5. The monoisotopic (exact) mass is 444 g/mol. The number of anilines is 2. The van der Waals surface area contributed by atoms with Crippen molar-refractivity contribution in [2.24, 2.45) is 0 Å². The number of benzene rings is 2. The average molecular weight is 445 g/mol. The molecule has 3 heterocycles. The van der Waals surface area contributed by atoms with Gasteiger partial charge in [0.25, 0.3) is 0 Å². The number of pyridine rings is 1. The van der Waals surface area contributed by atoms with Gasteiger partial charge in [-0.15, -0.1) is 0 Å². The second kappa shape index (κ2) is 8.99. The van der Waals surface area contributed by atoms with Gasteiger partial charge in [-0.2, -0.15) is 0 Å². The lowest BCUT2D eigenvalue weighted by Gasteiger charge is -2.38. The van der Waals surface area contributed by atoms with Gasteiger partial charge < -0.3 is 15.4 Å². The molecule has 2 aromatic heterocycles. The molecule has 0 saturated carbocycles. The van der Waals surface area contributed by atoms with Crippen LogP contribution in [0, 0.1) is 5.82 Å². The molecule has 1 atom stereocenters. The van der Waals surface area contributed by atoms with Gasteiger partial charge in [-0.1, -0.05) is 24.3 Å². The Morgan fingerprint density at radius 1 is 0.970 bits per heavy atom. The van der Waals surface area contributed by atoms with E-state index >= 15 is 0 Å². The summed E-state index contributed by atoms with van der Waals surface area (Å²) in [6, 6.07) is 18.2. The molecule has 7 nitrogen and oxygen atoms in total. The zero-order chi connectivity index (χ0) is 22.8. The fourth-order valence-corrected chi connectivity index (χ4v) is 4.18. The molecule has 168 valence electrons. The molecule has 5 rings (SSSR count). The highest BCUT2D eigenvalue weighted by Gasteiger charge is 2.23. The Balaban J connectivity index is 1.28. The SMILES string of the molecule is C[C@H](c1ccc(F)cc1)N1CCN(c2cc(Oc3cccc4ccc(N)nc34)ncn2)CC1. The molecule has 0 radical (unpaired) electrons. The van der Waals surface area contributed by atoms with Crippen LogP contribution >= 0.6 is 0 Å². The number of nitrogens with two attached hydrogens (primary N) is 1. The first kappa shape index (κ1) is 21.1. The van der Waals surface area contributed by atoms with E-state index in [9.17, 15) is 4.39 Å². The van der Waals surface area contributed by atoms with E-state index in [0.717, 1.165) is 42.9 Å². The van der Waals surface area contributed by atoms with Crippen molar-refractivity contribution in [3.8, 4) is 11.6 Å². The number of nitrogens with zero attached hydrogens (tertiary/aromatic N) is 5. The van der Waals surface area contributed by atoms with Crippen LogP contribution < -0.4 is 15.4 Å². The first-order chi connectivity index (χ1) is 16.1. The van der Waals surface area contributed by atoms with Gasteiger partial charge in [0.2, 0.25) is 5.88 Å². The summed E-state index contributed by atoms with van der Waals surface area (Å²) in [6.07, 6.45) is 1.52. The standard InChI is InChI=1S/C25H25FN6O/c1-17(18-5-8-20(26)9-6-18)31-11-13-32(14-12-31)23-15-24(29-16-28-23)33-21-4-2-3-19-7-10-22(27)30-25(19)21/h2-10,15-17H,11-14H2,1H3,(H2,27,30)/t17-/m1/s1. The fourth-order valence-electron chi connectivity index (χ4n) is 4.18. The maximum Gasteiger partial charge on any atom is 0.224 e. The highest BCUT2D eigenvalue weighted by molar-refractivity contribution is 5.85. The summed E-state index contributed by atoms with van der Waals surface area (Å²) in [5.41, 5.74) is 7.68. The van der Waals surface area contributed by atoms with E-state index in [4.69, 9.17) is 10.5 Å². The number of ether oxygens (including phenoxy) is 1. The third-order valence-electron chi connectivity index (χ3n) is 6.09. The molecule has 8 heteroatoms. The first-order valence-electron chi connectivity index (χ1n) is 11.0. The zero-order valence-corrected chi connectivity index (χ0v) is 18.4. The third-order valence-corrected chi connectivity index (χ3v) is 6.09. The fraction of sp³-hybridized carbons (Fsp3) is 0.240. The topological polar surface area (TPSA) is 80.4 Å². The van der Waals surface area contributed by atoms with E-state index in [1.54, 1.807) is 6.07 Å². The summed E-state index contributed by atoms with van der Waals surface area (Å²) in [5.74, 6) is 2.11. The Bertz CT molecular complexity index is 1260. The summed E-state index contributed by atoms with van der Waals surface area (Å²) < 4.78 is 19.3. The average Bonchev–Trinajstić information content (AvgIpc) is 2.85. The molecule has 0 spiro atoms. The molecular formula is C25H25FN6O. The molecule has 1 saturated heterocycles. The molecule has 0 bridgehead atoms. The minimum absolute atomic E-state index is 0.208. The molecule has 0 aliphatic carbocycles. The molecule has 1 fully saturated rings. The van der Waals surface area contributed by atoms with Crippen molar-refractivity contribution in [2.45, 2.75) is 13.0 Å². The molecule has 0 amide bonds. The second-order valence-corrected chi connectivity index (χ2v) is 8.13. The number of hydrogen-bond acceptors (Lipinski definition) is 7. The Hall–Kier alpha value is -3.78. The van der Waals surface area contributed by atoms with Gasteiger partial charge in [0, 0.05) is 43.7 Å². The number of hydrogen-bond donors (Lipinski definition) is 1. The minimum atomic E-state index is -0.208. The number of para-hydroxylation sites is 1. The second-order valence-electron chi connectivity index (χ2n) is 8.13. The number of piperazine rings is 1. The van der Waals surface area contributed by atoms with Crippen LogP contribution in [0.15, 0.2) is 67.0 Å². The maximum absolute atomic E-state index is 13.2. The molecule has 2 N–H and O–H groups in total. The van der Waals surface area contributed by atoms with Crippen LogP contribution in [-0.4, -0.2) is 46.0 Å². The van der Waals surface area contributed by atoms with Crippen molar-refractivity contribution in [2.75, 3.05) is 36.8 Å². The van der Waals surface area contributed by atoms with Crippen LogP contribution in [0.4, 0.5) is 16.0 Å². The molecule has 0 unspecified atom stereocenters. The Morgan fingerprint density at radius 2 is 1.76 bits per heavy atom. The molecule has 1 aliphatic heterocycles. The van der Waals surface area contributed by atoms with Crippen molar-refractivity contribution in [3.63, 3.8) is 0 Å². The predicted octanol–water partition coefficient (Wildman–Crippen LogP) is 4.42. The minimum Gasteiger partial charge on any atom is -0.437 e. The number of aromatic nitrogens is 3. The van der Waals surface area contributed by atoms with Gasteiger partial charge in [0.15, 0.2) is 5.75 Å². The third kappa shape index (κ3) is 4.56.